The minimum atomic E-state index is -0.268. The third-order valence-corrected chi connectivity index (χ3v) is 4.89. The fourth-order valence-electron chi connectivity index (χ4n) is 2.44. The first kappa shape index (κ1) is 17.5. The molecule has 0 aliphatic carbocycles. The van der Waals surface area contributed by atoms with Gasteiger partial charge >= 0.3 is 0 Å². The van der Waals surface area contributed by atoms with Gasteiger partial charge in [-0.3, -0.25) is 10.1 Å². The summed E-state index contributed by atoms with van der Waals surface area (Å²) in [6.07, 6.45) is 0. The maximum absolute atomic E-state index is 12.2. The molecule has 4 aromatic rings. The number of thioether (sulfide) groups is 1. The normalized spacial score (nSPS) is 11.0. The van der Waals surface area contributed by atoms with Crippen LogP contribution >= 0.6 is 23.4 Å². The van der Waals surface area contributed by atoms with Crippen LogP contribution in [0.5, 0.6) is 0 Å². The molecule has 0 unspecified atom stereocenters. The molecule has 0 spiro atoms. The number of anilines is 1. The lowest BCUT2D eigenvalue weighted by molar-refractivity contribution is -0.116. The van der Waals surface area contributed by atoms with Gasteiger partial charge in [0.1, 0.15) is 12.1 Å². The van der Waals surface area contributed by atoms with E-state index in [1.807, 2.05) is 48.5 Å². The molecule has 1 amide bonds. The molecule has 10 heteroatoms. The van der Waals surface area contributed by atoms with E-state index < -0.39 is 0 Å². The number of amides is 1. The van der Waals surface area contributed by atoms with Crippen LogP contribution < -0.4 is 5.32 Å². The minimum absolute atomic E-state index is 0.0362. The van der Waals surface area contributed by atoms with Crippen molar-refractivity contribution in [1.29, 1.82) is 0 Å². The quantitative estimate of drug-likeness (QED) is 0.483. The van der Waals surface area contributed by atoms with Gasteiger partial charge in [0, 0.05) is 10.8 Å². The molecule has 2 aromatic heterocycles. The van der Waals surface area contributed by atoms with E-state index in [4.69, 9.17) is 11.6 Å². The van der Waals surface area contributed by atoms with E-state index in [-0.39, 0.29) is 12.5 Å². The van der Waals surface area contributed by atoms with Crippen molar-refractivity contribution in [3.8, 4) is 0 Å². The van der Waals surface area contributed by atoms with Crippen LogP contribution in [0.25, 0.3) is 11.0 Å². The first-order chi connectivity index (χ1) is 13.2. The highest BCUT2D eigenvalue weighted by molar-refractivity contribution is 7.98. The minimum Gasteiger partial charge on any atom is -0.293 e. The fraction of sp³-hybridized carbons (Fsp3) is 0.118. The molecule has 8 nitrogen and oxygen atoms in total. The van der Waals surface area contributed by atoms with E-state index >= 15 is 0 Å². The van der Waals surface area contributed by atoms with Gasteiger partial charge < -0.3 is 0 Å². The monoisotopic (exact) mass is 399 g/mol. The molecular weight excluding hydrogens is 386 g/mol. The lowest BCUT2D eigenvalue weighted by Crippen LogP contribution is -2.20. The summed E-state index contributed by atoms with van der Waals surface area (Å²) in [6.45, 7) is 0.0362. The summed E-state index contributed by atoms with van der Waals surface area (Å²) in [5.41, 5.74) is 2.65. The van der Waals surface area contributed by atoms with Crippen LogP contribution in [0.3, 0.4) is 0 Å². The summed E-state index contributed by atoms with van der Waals surface area (Å²) >= 11 is 7.34. The van der Waals surface area contributed by atoms with Gasteiger partial charge in [-0.2, -0.15) is 4.98 Å². The van der Waals surface area contributed by atoms with Crippen LogP contribution in [0.1, 0.15) is 5.56 Å². The summed E-state index contributed by atoms with van der Waals surface area (Å²) in [4.78, 5) is 16.5. The summed E-state index contributed by atoms with van der Waals surface area (Å²) in [7, 11) is 0. The predicted octanol–water partition coefficient (Wildman–Crippen LogP) is 3.13. The van der Waals surface area contributed by atoms with E-state index in [1.54, 1.807) is 0 Å². The number of aromatic nitrogens is 6. The van der Waals surface area contributed by atoms with Gasteiger partial charge in [0.05, 0.1) is 5.52 Å². The van der Waals surface area contributed by atoms with Crippen molar-refractivity contribution in [3.63, 3.8) is 0 Å². The number of para-hydroxylation sites is 1. The van der Waals surface area contributed by atoms with Crippen molar-refractivity contribution in [3.05, 3.63) is 59.1 Å². The van der Waals surface area contributed by atoms with Gasteiger partial charge in [-0.25, -0.2) is 9.78 Å². The molecule has 0 fully saturated rings. The van der Waals surface area contributed by atoms with Gasteiger partial charge in [0.2, 0.25) is 17.0 Å². The molecule has 0 atom stereocenters. The van der Waals surface area contributed by atoms with Gasteiger partial charge in [-0.1, -0.05) is 52.8 Å². The van der Waals surface area contributed by atoms with Crippen molar-refractivity contribution < 1.29 is 4.79 Å². The number of nitrogens with one attached hydrogen (secondary N) is 2. The second-order valence-corrected chi connectivity index (χ2v) is 7.04. The number of nitrogens with zero attached hydrogens (tertiary/aromatic N) is 5. The maximum Gasteiger partial charge on any atom is 0.248 e. The zero-order chi connectivity index (χ0) is 18.6. The number of carbonyl (C=O) groups is 1. The Morgan fingerprint density at radius 1 is 1.19 bits per heavy atom. The lowest BCUT2D eigenvalue weighted by Gasteiger charge is -2.02. The Hall–Kier alpha value is -2.91. The second kappa shape index (κ2) is 7.77. The summed E-state index contributed by atoms with van der Waals surface area (Å²) in [5, 5.41) is 18.8. The molecule has 0 bridgehead atoms. The summed E-state index contributed by atoms with van der Waals surface area (Å²) in [6, 6.07) is 15.0. The number of benzene rings is 2. The zero-order valence-electron chi connectivity index (χ0n) is 14.0. The Balaban J connectivity index is 1.34. The smallest absolute Gasteiger partial charge is 0.248 e. The topological polar surface area (TPSA) is 101 Å². The van der Waals surface area contributed by atoms with Crippen molar-refractivity contribution >= 4 is 46.3 Å². The Morgan fingerprint density at radius 3 is 2.85 bits per heavy atom. The highest BCUT2D eigenvalue weighted by Gasteiger charge is 2.11. The molecule has 2 aromatic carbocycles. The van der Waals surface area contributed by atoms with E-state index in [2.05, 4.69) is 30.8 Å². The van der Waals surface area contributed by atoms with E-state index in [9.17, 15) is 4.79 Å². The maximum atomic E-state index is 12.2. The van der Waals surface area contributed by atoms with Crippen molar-refractivity contribution in [2.24, 2.45) is 0 Å². The summed E-state index contributed by atoms with van der Waals surface area (Å²) in [5.74, 6) is 0.729. The average molecular weight is 400 g/mol. The molecule has 0 saturated heterocycles. The molecule has 0 aliphatic rings. The molecule has 4 rings (SSSR count). The van der Waals surface area contributed by atoms with Crippen molar-refractivity contribution in [2.45, 2.75) is 17.5 Å². The Bertz CT molecular complexity index is 1080. The molecule has 2 heterocycles. The number of rotatable bonds is 6. The highest BCUT2D eigenvalue weighted by Crippen LogP contribution is 2.21. The van der Waals surface area contributed by atoms with Crippen LogP contribution in [0.2, 0.25) is 5.02 Å². The molecule has 136 valence electrons. The molecule has 0 radical (unpaired) electrons. The van der Waals surface area contributed by atoms with Gasteiger partial charge in [-0.15, -0.1) is 10.2 Å². The van der Waals surface area contributed by atoms with Crippen LogP contribution in [-0.4, -0.2) is 36.1 Å². The standard InChI is InChI=1S/C17H14ClN7OS/c18-12-7-5-11(6-8-12)10-27-17-20-16(22-23-17)19-15(26)9-25-14-4-2-1-3-13(14)21-24-25/h1-8H,9-10H2,(H2,19,20,22,23,26). The number of halogens is 1. The highest BCUT2D eigenvalue weighted by atomic mass is 35.5. The van der Waals surface area contributed by atoms with Crippen LogP contribution in [0.15, 0.2) is 53.7 Å². The van der Waals surface area contributed by atoms with E-state index in [0.717, 1.165) is 16.6 Å². The summed E-state index contributed by atoms with van der Waals surface area (Å²) < 4.78 is 1.54. The third-order valence-electron chi connectivity index (χ3n) is 3.72. The molecular formula is C17H14ClN7OS. The Kier molecular flexibility index (Phi) is 5.03. The number of aromatic amines is 1. The predicted molar refractivity (Wildman–Crippen MR) is 104 cm³/mol. The molecule has 0 aliphatic heterocycles. The number of hydrogen-bond donors (Lipinski definition) is 2. The van der Waals surface area contributed by atoms with E-state index in [0.29, 0.717) is 21.9 Å². The van der Waals surface area contributed by atoms with Gasteiger partial charge in [-0.05, 0) is 29.8 Å². The number of fused-ring (bicyclic) bond motifs is 1. The van der Waals surface area contributed by atoms with Gasteiger partial charge in [0.25, 0.3) is 0 Å². The van der Waals surface area contributed by atoms with Crippen LogP contribution in [0.4, 0.5) is 5.95 Å². The number of carbonyl (C=O) groups excluding carboxylic acids is 1. The molecule has 0 saturated carbocycles. The Morgan fingerprint density at radius 2 is 2.00 bits per heavy atom. The van der Waals surface area contributed by atoms with Crippen LogP contribution in [0, 0.1) is 0 Å². The van der Waals surface area contributed by atoms with Gasteiger partial charge in [0.15, 0.2) is 0 Å². The number of hydrogen-bond acceptors (Lipinski definition) is 6. The first-order valence-electron chi connectivity index (χ1n) is 8.05. The fourth-order valence-corrected chi connectivity index (χ4v) is 3.32. The second-order valence-electron chi connectivity index (χ2n) is 5.67. The van der Waals surface area contributed by atoms with Crippen molar-refractivity contribution in [1.82, 2.24) is 30.2 Å². The van der Waals surface area contributed by atoms with Crippen LogP contribution in [-0.2, 0) is 17.1 Å². The van der Waals surface area contributed by atoms with E-state index in [1.165, 1.54) is 16.4 Å². The Labute approximate surface area is 163 Å². The van der Waals surface area contributed by atoms with Crippen molar-refractivity contribution in [2.75, 3.05) is 5.32 Å². The molecule has 2 N–H and O–H groups in total. The number of H-pyrrole nitrogens is 1. The molecule has 27 heavy (non-hydrogen) atoms. The average Bonchev–Trinajstić information content (AvgIpc) is 3.29. The lowest BCUT2D eigenvalue weighted by atomic mass is 10.2. The SMILES string of the molecule is O=C(Cn1nnc2ccccc21)Nc1nc(SCc2ccc(Cl)cc2)n[nH]1. The third kappa shape index (κ3) is 4.26. The largest absolute Gasteiger partial charge is 0.293 e. The zero-order valence-corrected chi connectivity index (χ0v) is 15.5. The first-order valence-corrected chi connectivity index (χ1v) is 9.41.